The van der Waals surface area contributed by atoms with E-state index in [1.807, 2.05) is 30.3 Å². The van der Waals surface area contributed by atoms with Crippen LogP contribution in [-0.4, -0.2) is 31.3 Å². The predicted molar refractivity (Wildman–Crippen MR) is 65.9 cm³/mol. The Balaban J connectivity index is 2.73. The molecule has 0 radical (unpaired) electrons. The highest BCUT2D eigenvalue weighted by Crippen LogP contribution is 2.20. The quantitative estimate of drug-likeness (QED) is 0.707. The van der Waals surface area contributed by atoms with Crippen LogP contribution in [0.3, 0.4) is 0 Å². The van der Waals surface area contributed by atoms with Crippen LogP contribution in [0, 0.1) is 0 Å². The number of nitrogens with one attached hydrogen (secondary N) is 1. The van der Waals surface area contributed by atoms with Crippen molar-refractivity contribution in [2.45, 2.75) is 18.9 Å². The van der Waals surface area contributed by atoms with Crippen molar-refractivity contribution in [2.24, 2.45) is 0 Å². The molecule has 0 aromatic heterocycles. The minimum Gasteiger partial charge on any atom is -0.480 e. The highest BCUT2D eigenvalue weighted by atomic mass is 16.5. The lowest BCUT2D eigenvalue weighted by Crippen LogP contribution is -2.47. The van der Waals surface area contributed by atoms with Crippen LogP contribution in [0.1, 0.15) is 18.9 Å². The molecule has 0 heterocycles. The summed E-state index contributed by atoms with van der Waals surface area (Å²) in [4.78, 5) is 11.4. The van der Waals surface area contributed by atoms with Crippen LogP contribution in [0.25, 0.3) is 0 Å². The van der Waals surface area contributed by atoms with E-state index in [2.05, 4.69) is 5.32 Å². The fraction of sp³-hybridized carbons (Fsp3) is 0.462. The third-order valence-corrected chi connectivity index (χ3v) is 2.78. The van der Waals surface area contributed by atoms with Crippen molar-refractivity contribution in [1.29, 1.82) is 0 Å². The second-order valence-corrected chi connectivity index (χ2v) is 4.07. The first-order chi connectivity index (χ1) is 8.11. The lowest BCUT2D eigenvalue weighted by molar-refractivity contribution is -0.144. The molecule has 0 aliphatic heterocycles. The minimum atomic E-state index is -1.05. The fourth-order valence-electron chi connectivity index (χ4n) is 1.63. The number of ether oxygens (including phenoxy) is 1. The molecule has 17 heavy (non-hydrogen) atoms. The number of benzene rings is 1. The van der Waals surface area contributed by atoms with Gasteiger partial charge < -0.3 is 9.84 Å². The van der Waals surface area contributed by atoms with Crippen LogP contribution in [-0.2, 0) is 15.1 Å². The average Bonchev–Trinajstić information content (AvgIpc) is 2.35. The van der Waals surface area contributed by atoms with Crippen LogP contribution in [0.4, 0.5) is 0 Å². The Hall–Kier alpha value is -1.39. The second kappa shape index (κ2) is 6.37. The normalized spacial score (nSPS) is 14.2. The molecular weight excluding hydrogens is 218 g/mol. The van der Waals surface area contributed by atoms with E-state index in [-0.39, 0.29) is 0 Å². The van der Waals surface area contributed by atoms with Crippen molar-refractivity contribution in [3.8, 4) is 0 Å². The first kappa shape index (κ1) is 13.7. The number of carboxylic acids is 1. The molecule has 94 valence electrons. The van der Waals surface area contributed by atoms with Crippen LogP contribution in [0.2, 0.25) is 0 Å². The predicted octanol–water partition coefficient (Wildman–Crippen LogP) is 1.61. The SMILES string of the molecule is COCCCNC(C)(C(=O)O)c1ccccc1. The summed E-state index contributed by atoms with van der Waals surface area (Å²) in [5.41, 5.74) is -0.292. The second-order valence-electron chi connectivity index (χ2n) is 4.07. The van der Waals surface area contributed by atoms with Gasteiger partial charge in [-0.2, -0.15) is 0 Å². The van der Waals surface area contributed by atoms with Gasteiger partial charge >= 0.3 is 5.97 Å². The van der Waals surface area contributed by atoms with Crippen LogP contribution in [0.15, 0.2) is 30.3 Å². The molecule has 2 N–H and O–H groups in total. The highest BCUT2D eigenvalue weighted by Gasteiger charge is 2.34. The maximum absolute atomic E-state index is 11.4. The van der Waals surface area contributed by atoms with Gasteiger partial charge in [0.1, 0.15) is 5.54 Å². The van der Waals surface area contributed by atoms with Crippen molar-refractivity contribution >= 4 is 5.97 Å². The van der Waals surface area contributed by atoms with Crippen molar-refractivity contribution in [2.75, 3.05) is 20.3 Å². The average molecular weight is 237 g/mol. The number of rotatable bonds is 7. The lowest BCUT2D eigenvalue weighted by atomic mass is 9.92. The summed E-state index contributed by atoms with van der Waals surface area (Å²) in [6.45, 7) is 2.90. The molecule has 0 spiro atoms. The van der Waals surface area contributed by atoms with Gasteiger partial charge in [0.25, 0.3) is 0 Å². The van der Waals surface area contributed by atoms with E-state index < -0.39 is 11.5 Å². The third kappa shape index (κ3) is 3.54. The summed E-state index contributed by atoms with van der Waals surface area (Å²) in [5, 5.41) is 12.4. The molecule has 4 heteroatoms. The molecule has 0 bridgehead atoms. The maximum Gasteiger partial charge on any atom is 0.328 e. The monoisotopic (exact) mass is 237 g/mol. The van der Waals surface area contributed by atoms with E-state index in [4.69, 9.17) is 4.74 Å². The Morgan fingerprint density at radius 2 is 2.06 bits per heavy atom. The van der Waals surface area contributed by atoms with Gasteiger partial charge in [-0.1, -0.05) is 30.3 Å². The molecular formula is C13H19NO3. The van der Waals surface area contributed by atoms with Crippen LogP contribution >= 0.6 is 0 Å². The van der Waals surface area contributed by atoms with E-state index in [0.29, 0.717) is 13.2 Å². The molecule has 0 saturated heterocycles. The van der Waals surface area contributed by atoms with Gasteiger partial charge in [-0.05, 0) is 25.5 Å². The molecule has 1 unspecified atom stereocenters. The van der Waals surface area contributed by atoms with Gasteiger partial charge in [0.05, 0.1) is 0 Å². The smallest absolute Gasteiger partial charge is 0.328 e. The number of methoxy groups -OCH3 is 1. The van der Waals surface area contributed by atoms with E-state index in [0.717, 1.165) is 12.0 Å². The Kier molecular flexibility index (Phi) is 5.12. The van der Waals surface area contributed by atoms with E-state index in [9.17, 15) is 9.90 Å². The van der Waals surface area contributed by atoms with Gasteiger partial charge in [0, 0.05) is 13.7 Å². The largest absolute Gasteiger partial charge is 0.480 e. The molecule has 1 aromatic rings. The number of hydrogen-bond donors (Lipinski definition) is 2. The van der Waals surface area contributed by atoms with Crippen molar-refractivity contribution in [1.82, 2.24) is 5.32 Å². The van der Waals surface area contributed by atoms with E-state index >= 15 is 0 Å². The first-order valence-electron chi connectivity index (χ1n) is 5.64. The molecule has 0 aliphatic rings. The molecule has 0 amide bonds. The van der Waals surface area contributed by atoms with Crippen molar-refractivity contribution < 1.29 is 14.6 Å². The molecule has 1 atom stereocenters. The fourth-order valence-corrected chi connectivity index (χ4v) is 1.63. The molecule has 1 rings (SSSR count). The summed E-state index contributed by atoms with van der Waals surface area (Å²) < 4.78 is 4.94. The molecule has 0 fully saturated rings. The maximum atomic E-state index is 11.4. The zero-order valence-corrected chi connectivity index (χ0v) is 10.3. The number of hydrogen-bond acceptors (Lipinski definition) is 3. The Morgan fingerprint density at radius 3 is 2.59 bits per heavy atom. The van der Waals surface area contributed by atoms with Crippen molar-refractivity contribution in [3.63, 3.8) is 0 Å². The van der Waals surface area contributed by atoms with Crippen LogP contribution in [0.5, 0.6) is 0 Å². The Bertz CT molecular complexity index is 353. The van der Waals surface area contributed by atoms with Gasteiger partial charge in [-0.3, -0.25) is 5.32 Å². The summed E-state index contributed by atoms with van der Waals surface area (Å²) in [6.07, 6.45) is 0.784. The minimum absolute atomic E-state index is 0.603. The van der Waals surface area contributed by atoms with Gasteiger partial charge in [-0.25, -0.2) is 4.79 Å². The topological polar surface area (TPSA) is 58.6 Å². The highest BCUT2D eigenvalue weighted by molar-refractivity contribution is 5.80. The lowest BCUT2D eigenvalue weighted by Gasteiger charge is -2.26. The first-order valence-corrected chi connectivity index (χ1v) is 5.64. The molecule has 0 aliphatic carbocycles. The van der Waals surface area contributed by atoms with E-state index in [1.54, 1.807) is 14.0 Å². The standard InChI is InChI=1S/C13H19NO3/c1-13(12(15)16,14-9-6-10-17-2)11-7-4-3-5-8-11/h3-5,7-8,14H,6,9-10H2,1-2H3,(H,15,16). The third-order valence-electron chi connectivity index (χ3n) is 2.78. The Morgan fingerprint density at radius 1 is 1.41 bits per heavy atom. The van der Waals surface area contributed by atoms with Gasteiger partial charge in [-0.15, -0.1) is 0 Å². The van der Waals surface area contributed by atoms with E-state index in [1.165, 1.54) is 0 Å². The number of aliphatic carboxylic acids is 1. The molecule has 0 saturated carbocycles. The summed E-state index contributed by atoms with van der Waals surface area (Å²) in [5.74, 6) is -0.874. The Labute approximate surface area is 102 Å². The summed E-state index contributed by atoms with van der Waals surface area (Å²) in [7, 11) is 1.63. The van der Waals surface area contributed by atoms with Gasteiger partial charge in [0.15, 0.2) is 0 Å². The summed E-state index contributed by atoms with van der Waals surface area (Å²) in [6, 6.07) is 9.19. The number of carbonyl (C=O) groups is 1. The van der Waals surface area contributed by atoms with Gasteiger partial charge in [0.2, 0.25) is 0 Å². The van der Waals surface area contributed by atoms with Crippen molar-refractivity contribution in [3.05, 3.63) is 35.9 Å². The summed E-state index contributed by atoms with van der Waals surface area (Å²) >= 11 is 0. The zero-order valence-electron chi connectivity index (χ0n) is 10.3. The molecule has 1 aromatic carbocycles. The molecule has 4 nitrogen and oxygen atoms in total. The number of carboxylic acid groups (broad SMARTS) is 1. The van der Waals surface area contributed by atoms with Crippen LogP contribution < -0.4 is 5.32 Å². The zero-order chi connectivity index (χ0) is 12.7.